The lowest BCUT2D eigenvalue weighted by atomic mass is 10.2. The van der Waals surface area contributed by atoms with Crippen molar-refractivity contribution in [3.05, 3.63) is 16.6 Å². The molecule has 0 aromatic carbocycles. The molecule has 0 aliphatic carbocycles. The summed E-state index contributed by atoms with van der Waals surface area (Å²) in [5.41, 5.74) is 0.967. The minimum atomic E-state index is -1.07. The van der Waals surface area contributed by atoms with Gasteiger partial charge in [-0.05, 0) is 32.6 Å². The maximum atomic E-state index is 11.8. The minimum Gasteiger partial charge on any atom is -0.594 e. The average Bonchev–Trinajstić information content (AvgIpc) is 2.32. The Bertz CT molecular complexity index is 450. The third kappa shape index (κ3) is 7.25. The van der Waals surface area contributed by atoms with Crippen LogP contribution in [0.25, 0.3) is 0 Å². The Morgan fingerprint density at radius 1 is 1.33 bits per heavy atom. The van der Waals surface area contributed by atoms with Gasteiger partial charge in [-0.1, -0.05) is 0 Å². The summed E-state index contributed by atoms with van der Waals surface area (Å²) >= 11 is 0. The van der Waals surface area contributed by atoms with E-state index in [2.05, 4.69) is 15.4 Å². The fourth-order valence-corrected chi connectivity index (χ4v) is 1.10. The van der Waals surface area contributed by atoms with E-state index >= 15 is 0 Å². The van der Waals surface area contributed by atoms with Gasteiger partial charge in [0.25, 0.3) is 5.70 Å². The molecule has 21 heavy (non-hydrogen) atoms. The number of azo groups is 1. The number of carbonyl (C=O) groups is 2. The highest BCUT2D eigenvalue weighted by atomic mass is 16.6. The first-order valence-electron chi connectivity index (χ1n) is 6.21. The normalized spacial score (nSPS) is 13.3. The monoisotopic (exact) mass is 303 g/mol. The first-order valence-corrected chi connectivity index (χ1v) is 6.21. The molecular formula is C12H21N3O6. The number of hydroxylamine groups is 2. The Morgan fingerprint density at radius 2 is 1.90 bits per heavy atom. The van der Waals surface area contributed by atoms with Gasteiger partial charge in [0.1, 0.15) is 5.60 Å². The molecule has 120 valence electrons. The second kappa shape index (κ2) is 8.20. The molecule has 0 aliphatic rings. The fourth-order valence-electron chi connectivity index (χ4n) is 1.10. The molecule has 1 N–H and O–H groups in total. The second-order valence-corrected chi connectivity index (χ2v) is 4.84. The summed E-state index contributed by atoms with van der Waals surface area (Å²) in [4.78, 5) is 27.6. The highest BCUT2D eigenvalue weighted by Gasteiger charge is 2.23. The molecular weight excluding hydrogens is 282 g/mol. The molecule has 0 aliphatic heterocycles. The topological polar surface area (TPSA) is 112 Å². The largest absolute Gasteiger partial charge is 0.594 e. The third-order valence-corrected chi connectivity index (χ3v) is 1.90. The molecule has 0 bridgehead atoms. The van der Waals surface area contributed by atoms with Gasteiger partial charge in [-0.25, -0.2) is 9.59 Å². The Morgan fingerprint density at radius 3 is 2.33 bits per heavy atom. The van der Waals surface area contributed by atoms with Gasteiger partial charge in [-0.3, -0.25) is 10.3 Å². The molecule has 0 heterocycles. The van der Waals surface area contributed by atoms with Crippen molar-refractivity contribution in [2.75, 3.05) is 13.7 Å². The zero-order valence-electron chi connectivity index (χ0n) is 13.1. The van der Waals surface area contributed by atoms with E-state index in [1.54, 1.807) is 27.7 Å². The van der Waals surface area contributed by atoms with E-state index in [0.29, 0.717) is 0 Å². The van der Waals surface area contributed by atoms with E-state index < -0.39 is 17.7 Å². The molecule has 0 atom stereocenters. The summed E-state index contributed by atoms with van der Waals surface area (Å²) < 4.78 is 9.62. The lowest BCUT2D eigenvalue weighted by molar-refractivity contribution is -0.474. The van der Waals surface area contributed by atoms with Crippen LogP contribution in [-0.4, -0.2) is 36.2 Å². The lowest BCUT2D eigenvalue weighted by Gasteiger charge is -2.16. The summed E-state index contributed by atoms with van der Waals surface area (Å²) in [5, 5.41) is 14.9. The van der Waals surface area contributed by atoms with E-state index in [9.17, 15) is 14.8 Å². The summed E-state index contributed by atoms with van der Waals surface area (Å²) in [6.45, 7) is 7.90. The van der Waals surface area contributed by atoms with Gasteiger partial charge < -0.3 is 14.7 Å². The molecule has 0 saturated carbocycles. The summed E-state index contributed by atoms with van der Waals surface area (Å²) in [7, 11) is 1.26. The quantitative estimate of drug-likeness (QED) is 0.271. The van der Waals surface area contributed by atoms with E-state index in [-0.39, 0.29) is 22.9 Å². The smallest absolute Gasteiger partial charge is 0.492 e. The number of carbonyl (C=O) groups excluding carboxylic acids is 2. The predicted octanol–water partition coefficient (Wildman–Crippen LogP) is 1.83. The molecule has 0 saturated heterocycles. The average molecular weight is 303 g/mol. The van der Waals surface area contributed by atoms with E-state index in [4.69, 9.17) is 9.47 Å². The van der Waals surface area contributed by atoms with E-state index in [1.807, 2.05) is 0 Å². The van der Waals surface area contributed by atoms with Crippen LogP contribution in [0.15, 0.2) is 16.5 Å². The number of hydrogen-bond donors (Lipinski definition) is 1. The van der Waals surface area contributed by atoms with Crippen molar-refractivity contribution in [1.29, 1.82) is 0 Å². The van der Waals surface area contributed by atoms with Crippen LogP contribution in [-0.2, 0) is 19.1 Å². The van der Waals surface area contributed by atoms with Crippen molar-refractivity contribution in [2.45, 2.75) is 40.2 Å². The molecule has 0 spiro atoms. The number of amides is 1. The van der Waals surface area contributed by atoms with Crippen LogP contribution >= 0.6 is 0 Å². The van der Waals surface area contributed by atoms with Gasteiger partial charge in [0, 0.05) is 6.92 Å². The number of esters is 1. The number of ether oxygens (including phenoxy) is 2. The van der Waals surface area contributed by atoms with E-state index in [1.165, 1.54) is 14.0 Å². The minimum absolute atomic E-state index is 0.0354. The zero-order chi connectivity index (χ0) is 16.6. The number of nitrogens with zero attached hydrogens (tertiary/aromatic N) is 2. The van der Waals surface area contributed by atoms with Crippen molar-refractivity contribution < 1.29 is 28.8 Å². The highest BCUT2D eigenvalue weighted by Crippen LogP contribution is 2.10. The van der Waals surface area contributed by atoms with Crippen molar-refractivity contribution in [3.8, 4) is 0 Å². The molecule has 9 nitrogen and oxygen atoms in total. The van der Waals surface area contributed by atoms with Gasteiger partial charge >= 0.3 is 12.1 Å². The van der Waals surface area contributed by atoms with Crippen molar-refractivity contribution >= 4 is 12.1 Å². The van der Waals surface area contributed by atoms with Crippen LogP contribution in [0.3, 0.4) is 0 Å². The van der Waals surface area contributed by atoms with E-state index in [0.717, 1.165) is 0 Å². The third-order valence-electron chi connectivity index (χ3n) is 1.90. The van der Waals surface area contributed by atoms with Gasteiger partial charge in [0.05, 0.1) is 18.8 Å². The molecule has 0 aromatic heterocycles. The molecule has 0 rings (SSSR count). The van der Waals surface area contributed by atoms with Crippen LogP contribution in [0.2, 0.25) is 0 Å². The summed E-state index contributed by atoms with van der Waals surface area (Å²) in [6, 6.07) is 0. The molecule has 0 unspecified atom stereocenters. The number of rotatable bonds is 5. The summed E-state index contributed by atoms with van der Waals surface area (Å²) in [5.74, 6) is -0.808. The standard InChI is InChI=1S/C12H21N3O6/c1-7-20-10(16)9(14-19-6)8(2)15(18)13-11(17)21-12(3,4)5/h14H,7H2,1-6H3. The molecule has 0 fully saturated rings. The van der Waals surface area contributed by atoms with Crippen molar-refractivity contribution in [2.24, 2.45) is 5.11 Å². The first kappa shape index (κ1) is 18.8. The Balaban J connectivity index is 5.29. The maximum absolute atomic E-state index is 11.8. The SMILES string of the molecule is CCOC(=O)C(NOC)=C(C)[N+]([O-])=NC(=O)OC(C)(C)C. The van der Waals surface area contributed by atoms with Crippen molar-refractivity contribution in [3.63, 3.8) is 0 Å². The Labute approximate surface area is 123 Å². The van der Waals surface area contributed by atoms with Gasteiger partial charge in [-0.15, -0.1) is 0 Å². The number of hydrogen-bond acceptors (Lipinski definition) is 7. The fraction of sp³-hybridized carbons (Fsp3) is 0.667. The Hall–Kier alpha value is -2.16. The van der Waals surface area contributed by atoms with Crippen LogP contribution in [0.4, 0.5) is 4.79 Å². The van der Waals surface area contributed by atoms with Crippen LogP contribution in [0.5, 0.6) is 0 Å². The molecule has 1 amide bonds. The Kier molecular flexibility index (Phi) is 7.36. The number of allylic oxidation sites excluding steroid dienone is 1. The van der Waals surface area contributed by atoms with Crippen LogP contribution < -0.4 is 5.48 Å². The lowest BCUT2D eigenvalue weighted by Crippen LogP contribution is -2.26. The van der Waals surface area contributed by atoms with Crippen LogP contribution in [0, 0.1) is 5.21 Å². The summed E-state index contributed by atoms with van der Waals surface area (Å²) in [6.07, 6.45) is -1.07. The first-order chi connectivity index (χ1) is 9.62. The predicted molar refractivity (Wildman–Crippen MR) is 71.8 cm³/mol. The van der Waals surface area contributed by atoms with Gasteiger partial charge in [-0.2, -0.15) is 0 Å². The second-order valence-electron chi connectivity index (χ2n) is 4.84. The molecule has 0 aromatic rings. The van der Waals surface area contributed by atoms with Gasteiger partial charge in [0.2, 0.25) is 5.70 Å². The number of nitrogens with one attached hydrogen (secondary N) is 1. The van der Waals surface area contributed by atoms with Crippen molar-refractivity contribution in [1.82, 2.24) is 5.48 Å². The van der Waals surface area contributed by atoms with Gasteiger partial charge in [0.15, 0.2) is 0 Å². The van der Waals surface area contributed by atoms with Crippen LogP contribution in [0.1, 0.15) is 34.6 Å². The highest BCUT2D eigenvalue weighted by molar-refractivity contribution is 5.87. The molecule has 0 radical (unpaired) electrons. The maximum Gasteiger partial charge on any atom is 0.492 e. The molecule has 9 heteroatoms. The zero-order valence-corrected chi connectivity index (χ0v) is 13.1.